The number of aromatic nitrogens is 4. The van der Waals surface area contributed by atoms with Gasteiger partial charge in [0.2, 0.25) is 0 Å². The fraction of sp³-hybridized carbons (Fsp3) is 0.222. The maximum Gasteiger partial charge on any atom is 0.251 e. The molecule has 0 radical (unpaired) electrons. The molecule has 1 N–H and O–H groups in total. The van der Waals surface area contributed by atoms with Gasteiger partial charge in [0.25, 0.3) is 5.91 Å². The minimum Gasteiger partial charge on any atom is -0.349 e. The van der Waals surface area contributed by atoms with Gasteiger partial charge in [-0.15, -0.1) is 5.10 Å². The van der Waals surface area contributed by atoms with Crippen molar-refractivity contribution in [2.24, 2.45) is 0 Å². The van der Waals surface area contributed by atoms with E-state index in [1.165, 1.54) is 0 Å². The third kappa shape index (κ3) is 2.90. The van der Waals surface area contributed by atoms with Gasteiger partial charge in [-0.25, -0.2) is 4.68 Å². The highest BCUT2D eigenvalue weighted by Crippen LogP contribution is 2.21. The topological polar surface area (TPSA) is 72.7 Å². The van der Waals surface area contributed by atoms with Crippen molar-refractivity contribution in [3.05, 3.63) is 59.9 Å². The van der Waals surface area contributed by atoms with Crippen LogP contribution in [0.1, 0.15) is 28.8 Å². The summed E-state index contributed by atoms with van der Waals surface area (Å²) in [5.74, 6) is -0.0414. The van der Waals surface area contributed by atoms with Crippen LogP contribution in [0, 0.1) is 6.92 Å². The van der Waals surface area contributed by atoms with Gasteiger partial charge in [-0.3, -0.25) is 9.78 Å². The van der Waals surface area contributed by atoms with Gasteiger partial charge in [0.1, 0.15) is 5.69 Å². The van der Waals surface area contributed by atoms with Gasteiger partial charge in [0.15, 0.2) is 0 Å². The minimum absolute atomic E-state index is 0.0414. The molecule has 4 rings (SSSR count). The van der Waals surface area contributed by atoms with E-state index in [2.05, 4.69) is 20.6 Å². The zero-order valence-electron chi connectivity index (χ0n) is 13.3. The van der Waals surface area contributed by atoms with Crippen molar-refractivity contribution in [3.63, 3.8) is 0 Å². The molecule has 0 bridgehead atoms. The van der Waals surface area contributed by atoms with Crippen LogP contribution in [0.4, 0.5) is 0 Å². The highest BCUT2D eigenvalue weighted by Gasteiger charge is 2.23. The molecule has 2 heterocycles. The van der Waals surface area contributed by atoms with E-state index in [0.29, 0.717) is 17.3 Å². The average Bonchev–Trinajstić information content (AvgIpc) is 3.28. The number of hydrogen-bond acceptors (Lipinski definition) is 4. The van der Waals surface area contributed by atoms with Gasteiger partial charge < -0.3 is 5.32 Å². The minimum atomic E-state index is -0.0414. The summed E-state index contributed by atoms with van der Waals surface area (Å²) in [6.45, 7) is 1.99. The van der Waals surface area contributed by atoms with E-state index in [1.807, 2.05) is 49.5 Å². The lowest BCUT2D eigenvalue weighted by molar-refractivity contribution is 0.0951. The van der Waals surface area contributed by atoms with Gasteiger partial charge in [0.05, 0.1) is 17.6 Å². The van der Waals surface area contributed by atoms with Crippen LogP contribution in [0.15, 0.2) is 48.8 Å². The number of rotatable bonds is 4. The van der Waals surface area contributed by atoms with Crippen LogP contribution < -0.4 is 5.32 Å². The lowest BCUT2D eigenvalue weighted by atomic mass is 10.1. The van der Waals surface area contributed by atoms with Gasteiger partial charge >= 0.3 is 0 Å². The summed E-state index contributed by atoms with van der Waals surface area (Å²) in [6.07, 6.45) is 5.71. The molecule has 0 aliphatic heterocycles. The number of nitrogens with zero attached hydrogens (tertiary/aromatic N) is 4. The van der Waals surface area contributed by atoms with E-state index >= 15 is 0 Å². The number of hydrogen-bond donors (Lipinski definition) is 1. The summed E-state index contributed by atoms with van der Waals surface area (Å²) in [4.78, 5) is 16.5. The molecular weight excluding hydrogens is 302 g/mol. The van der Waals surface area contributed by atoms with Crippen LogP contribution in [-0.4, -0.2) is 31.9 Å². The number of nitrogens with one attached hydrogen (secondary N) is 1. The van der Waals surface area contributed by atoms with Crippen molar-refractivity contribution in [1.82, 2.24) is 25.3 Å². The summed E-state index contributed by atoms with van der Waals surface area (Å²) < 4.78 is 1.66. The first-order valence-corrected chi connectivity index (χ1v) is 7.96. The van der Waals surface area contributed by atoms with Crippen molar-refractivity contribution >= 4 is 5.91 Å². The first-order valence-electron chi connectivity index (χ1n) is 7.96. The van der Waals surface area contributed by atoms with E-state index in [-0.39, 0.29) is 5.91 Å². The van der Waals surface area contributed by atoms with Crippen molar-refractivity contribution in [2.75, 3.05) is 0 Å². The van der Waals surface area contributed by atoms with Crippen LogP contribution in [-0.2, 0) is 0 Å². The Morgan fingerprint density at radius 1 is 1.25 bits per heavy atom. The Labute approximate surface area is 139 Å². The summed E-state index contributed by atoms with van der Waals surface area (Å²) >= 11 is 0. The van der Waals surface area contributed by atoms with Crippen LogP contribution in [0.25, 0.3) is 17.1 Å². The lowest BCUT2D eigenvalue weighted by Gasteiger charge is -2.05. The first kappa shape index (κ1) is 14.6. The Morgan fingerprint density at radius 3 is 2.92 bits per heavy atom. The second-order valence-electron chi connectivity index (χ2n) is 6.02. The second kappa shape index (κ2) is 5.88. The predicted molar refractivity (Wildman–Crippen MR) is 89.8 cm³/mol. The summed E-state index contributed by atoms with van der Waals surface area (Å²) in [7, 11) is 0. The molecule has 6 heteroatoms. The molecule has 3 aromatic rings. The highest BCUT2D eigenvalue weighted by atomic mass is 16.1. The van der Waals surface area contributed by atoms with Gasteiger partial charge in [-0.1, -0.05) is 17.3 Å². The normalized spacial score (nSPS) is 13.7. The predicted octanol–water partition coefficient (Wildman–Crippen LogP) is 2.53. The number of benzene rings is 1. The number of amides is 1. The fourth-order valence-electron chi connectivity index (χ4n) is 2.54. The SMILES string of the molecule is Cc1cccnc1-c1cn(-c2cccc(C(=O)NC3CC3)c2)nn1. The van der Waals surface area contributed by atoms with Crippen molar-refractivity contribution in [3.8, 4) is 17.1 Å². The molecule has 0 spiro atoms. The average molecular weight is 319 g/mol. The van der Waals surface area contributed by atoms with Gasteiger partial charge in [-0.2, -0.15) is 0 Å². The molecule has 1 amide bonds. The van der Waals surface area contributed by atoms with E-state index < -0.39 is 0 Å². The largest absolute Gasteiger partial charge is 0.349 e. The second-order valence-corrected chi connectivity index (χ2v) is 6.02. The zero-order valence-corrected chi connectivity index (χ0v) is 13.3. The lowest BCUT2D eigenvalue weighted by Crippen LogP contribution is -2.25. The molecule has 0 unspecified atom stereocenters. The molecule has 1 fully saturated rings. The summed E-state index contributed by atoms with van der Waals surface area (Å²) in [6, 6.07) is 11.6. The first-order chi connectivity index (χ1) is 11.7. The molecular formula is C18H17N5O. The number of pyridine rings is 1. The van der Waals surface area contributed by atoms with E-state index in [9.17, 15) is 4.79 Å². The van der Waals surface area contributed by atoms with Crippen LogP contribution in [0.5, 0.6) is 0 Å². The highest BCUT2D eigenvalue weighted by molar-refractivity contribution is 5.95. The Bertz CT molecular complexity index is 898. The molecule has 0 atom stereocenters. The van der Waals surface area contributed by atoms with E-state index in [4.69, 9.17) is 0 Å². The maximum absolute atomic E-state index is 12.2. The molecule has 1 aliphatic rings. The Balaban J connectivity index is 1.62. The maximum atomic E-state index is 12.2. The Morgan fingerprint density at radius 2 is 2.12 bits per heavy atom. The van der Waals surface area contributed by atoms with Crippen molar-refractivity contribution in [1.29, 1.82) is 0 Å². The third-order valence-electron chi connectivity index (χ3n) is 4.03. The Kier molecular flexibility index (Phi) is 3.57. The fourth-order valence-corrected chi connectivity index (χ4v) is 2.54. The van der Waals surface area contributed by atoms with Crippen LogP contribution >= 0.6 is 0 Å². The molecule has 120 valence electrons. The van der Waals surface area contributed by atoms with E-state index in [1.54, 1.807) is 10.9 Å². The summed E-state index contributed by atoms with van der Waals surface area (Å²) in [5, 5.41) is 11.4. The van der Waals surface area contributed by atoms with E-state index in [0.717, 1.165) is 29.8 Å². The molecule has 2 aromatic heterocycles. The van der Waals surface area contributed by atoms with Crippen molar-refractivity contribution in [2.45, 2.75) is 25.8 Å². The summed E-state index contributed by atoms with van der Waals surface area (Å²) in [5.41, 5.74) is 3.99. The van der Waals surface area contributed by atoms with Crippen LogP contribution in [0.3, 0.4) is 0 Å². The quantitative estimate of drug-likeness (QED) is 0.802. The molecule has 0 saturated heterocycles. The standard InChI is InChI=1S/C18H17N5O/c1-12-4-3-9-19-17(12)16-11-23(22-21-16)15-6-2-5-13(10-15)18(24)20-14-7-8-14/h2-6,9-11,14H,7-8H2,1H3,(H,20,24). The van der Waals surface area contributed by atoms with Crippen LogP contribution in [0.2, 0.25) is 0 Å². The van der Waals surface area contributed by atoms with Gasteiger partial charge in [-0.05, 0) is 49.6 Å². The zero-order chi connectivity index (χ0) is 16.5. The number of aryl methyl sites for hydroxylation is 1. The molecule has 1 saturated carbocycles. The van der Waals surface area contributed by atoms with Gasteiger partial charge in [0, 0.05) is 17.8 Å². The monoisotopic (exact) mass is 319 g/mol. The smallest absolute Gasteiger partial charge is 0.251 e. The molecule has 6 nitrogen and oxygen atoms in total. The number of carbonyl (C=O) groups is 1. The molecule has 24 heavy (non-hydrogen) atoms. The molecule has 1 aliphatic carbocycles. The van der Waals surface area contributed by atoms with Crippen molar-refractivity contribution < 1.29 is 4.79 Å². The third-order valence-corrected chi connectivity index (χ3v) is 4.03. The molecule has 1 aromatic carbocycles. The number of carbonyl (C=O) groups excluding carboxylic acids is 1. The Hall–Kier alpha value is -3.02.